The van der Waals surface area contributed by atoms with E-state index in [2.05, 4.69) is 0 Å². The van der Waals surface area contributed by atoms with E-state index in [-0.39, 0.29) is 42.1 Å². The van der Waals surface area contributed by atoms with Crippen LogP contribution in [-0.4, -0.2) is 0 Å². The van der Waals surface area contributed by atoms with Gasteiger partial charge in [0.1, 0.15) is 0 Å². The minimum Gasteiger partial charge on any atom is -2.00 e. The molecule has 0 rings (SSSR count). The molecule has 5 heavy (non-hydrogen) atoms. The van der Waals surface area contributed by atoms with Gasteiger partial charge in [-0.25, -0.2) is 0 Å². The molecule has 5 heteroatoms. The van der Waals surface area contributed by atoms with Crippen LogP contribution in [0.1, 0.15) is 0 Å². The predicted molar refractivity (Wildman–Crippen MR) is 6.38 cm³/mol. The van der Waals surface area contributed by atoms with Crippen LogP contribution < -0.4 is 0 Å². The molecule has 2 nitrogen and oxygen atoms in total. The summed E-state index contributed by atoms with van der Waals surface area (Å²) in [5, 5.41) is 0. The van der Waals surface area contributed by atoms with Gasteiger partial charge in [0.05, 0.1) is 0 Å². The standard InChI is InChI=1S/2FH.2O.Ti/h2*1H;;;/q;;2*-2;+4. The second kappa shape index (κ2) is 225. The smallest absolute Gasteiger partial charge is 2.00 e. The van der Waals surface area contributed by atoms with E-state index in [4.69, 9.17) is 0 Å². The second-order valence-electron chi connectivity index (χ2n) is 0. The Morgan fingerprint density at radius 3 is 0.600 bits per heavy atom. The van der Waals surface area contributed by atoms with Crippen LogP contribution in [0.15, 0.2) is 0 Å². The third kappa shape index (κ3) is 114. The van der Waals surface area contributed by atoms with Crippen LogP contribution in [0.3, 0.4) is 0 Å². The van der Waals surface area contributed by atoms with Crippen LogP contribution in [0.25, 0.3) is 0 Å². The number of rotatable bonds is 0. The van der Waals surface area contributed by atoms with Gasteiger partial charge in [-0.3, -0.25) is 9.41 Å². The Labute approximate surface area is 42.8 Å². The van der Waals surface area contributed by atoms with Gasteiger partial charge in [0.15, 0.2) is 0 Å². The van der Waals surface area contributed by atoms with Crippen LogP contribution in [0.4, 0.5) is 9.41 Å². The topological polar surface area (TPSA) is 57.0 Å². The Hall–Kier alpha value is 0.494. The van der Waals surface area contributed by atoms with Gasteiger partial charge in [0.2, 0.25) is 0 Å². The molecule has 0 heterocycles. The maximum Gasteiger partial charge on any atom is 4.00 e. The van der Waals surface area contributed by atoms with Gasteiger partial charge < -0.3 is 11.0 Å². The maximum atomic E-state index is 0. The minimum absolute atomic E-state index is 0. The molecule has 0 amide bonds. The molecule has 0 atom stereocenters. The summed E-state index contributed by atoms with van der Waals surface area (Å²) in [6, 6.07) is 0. The molecule has 0 saturated heterocycles. The van der Waals surface area contributed by atoms with Crippen molar-refractivity contribution in [2.75, 3.05) is 0 Å². The zero-order chi connectivity index (χ0) is 0. The van der Waals surface area contributed by atoms with Crippen molar-refractivity contribution in [1.82, 2.24) is 0 Å². The van der Waals surface area contributed by atoms with Gasteiger partial charge in [-0.2, -0.15) is 0 Å². The summed E-state index contributed by atoms with van der Waals surface area (Å²) in [6.07, 6.45) is 0. The average Bonchev–Trinajstić information content (AvgIpc) is 0. The quantitative estimate of drug-likeness (QED) is 0.406. The van der Waals surface area contributed by atoms with Crippen molar-refractivity contribution in [3.8, 4) is 0 Å². The molecule has 0 aromatic carbocycles. The maximum absolute atomic E-state index is 0. The second-order valence-corrected chi connectivity index (χ2v) is 0. The first-order chi connectivity index (χ1) is 0. The van der Waals surface area contributed by atoms with E-state index in [1.54, 1.807) is 0 Å². The first-order valence-corrected chi connectivity index (χ1v) is 0. The van der Waals surface area contributed by atoms with Crippen molar-refractivity contribution in [3.63, 3.8) is 0 Å². The third-order valence-corrected chi connectivity index (χ3v) is 0. The molecule has 0 saturated carbocycles. The molecule has 0 aliphatic heterocycles. The largest absolute Gasteiger partial charge is 4.00 e. The molecule has 0 fully saturated rings. The Morgan fingerprint density at radius 1 is 0.600 bits per heavy atom. The minimum atomic E-state index is 0. The Kier molecular flexibility index (Phi) is 20400. The van der Waals surface area contributed by atoms with Crippen LogP contribution in [0.5, 0.6) is 0 Å². The van der Waals surface area contributed by atoms with Gasteiger partial charge >= 0.3 is 21.7 Å². The first-order valence-electron chi connectivity index (χ1n) is 0. The SMILES string of the molecule is F.F.[O-2].[O-2].[Ti+4]. The van der Waals surface area contributed by atoms with E-state index in [0.717, 1.165) is 0 Å². The molecule has 0 spiro atoms. The van der Waals surface area contributed by atoms with Crippen LogP contribution in [0, 0.1) is 0 Å². The molecule has 32 valence electrons. The van der Waals surface area contributed by atoms with Crippen LogP contribution >= 0.6 is 0 Å². The summed E-state index contributed by atoms with van der Waals surface area (Å²) in [6.45, 7) is 0. The van der Waals surface area contributed by atoms with Crippen molar-refractivity contribution in [3.05, 3.63) is 0 Å². The van der Waals surface area contributed by atoms with Crippen molar-refractivity contribution >= 4 is 0 Å². The van der Waals surface area contributed by atoms with Gasteiger partial charge in [-0.15, -0.1) is 0 Å². The van der Waals surface area contributed by atoms with E-state index < -0.39 is 0 Å². The molecule has 0 unspecified atom stereocenters. The average molecular weight is 120 g/mol. The normalized spacial score (nSPS) is 0. The fourth-order valence-electron chi connectivity index (χ4n) is 0. The molecule has 0 aromatic heterocycles. The summed E-state index contributed by atoms with van der Waals surface area (Å²) in [4.78, 5) is 0. The summed E-state index contributed by atoms with van der Waals surface area (Å²) in [5.74, 6) is 0. The molecule has 0 aromatic rings. The van der Waals surface area contributed by atoms with Gasteiger partial charge in [0.25, 0.3) is 0 Å². The summed E-state index contributed by atoms with van der Waals surface area (Å²) in [5.41, 5.74) is 0. The summed E-state index contributed by atoms with van der Waals surface area (Å²) < 4.78 is 0. The number of hydrogen-bond acceptors (Lipinski definition) is 0. The molecular formula is H2F2O2Ti. The van der Waals surface area contributed by atoms with Gasteiger partial charge in [-0.05, 0) is 0 Å². The molecular weight excluding hydrogens is 118 g/mol. The molecule has 0 aliphatic rings. The monoisotopic (exact) mass is 120 g/mol. The zero-order valence-electron chi connectivity index (χ0n) is 2.13. The zero-order valence-corrected chi connectivity index (χ0v) is 3.69. The van der Waals surface area contributed by atoms with Crippen molar-refractivity contribution in [2.24, 2.45) is 0 Å². The van der Waals surface area contributed by atoms with E-state index in [0.29, 0.717) is 0 Å². The Bertz CT molecular complexity index is 7.61. The van der Waals surface area contributed by atoms with E-state index in [1.807, 2.05) is 0 Å². The fraction of sp³-hybridized carbons (Fsp3) is 0. The van der Waals surface area contributed by atoms with Gasteiger partial charge in [-0.1, -0.05) is 0 Å². The molecule has 0 radical (unpaired) electrons. The molecule has 0 N–H and O–H groups in total. The molecule has 0 bridgehead atoms. The third-order valence-electron chi connectivity index (χ3n) is 0. The van der Waals surface area contributed by atoms with E-state index >= 15 is 0 Å². The summed E-state index contributed by atoms with van der Waals surface area (Å²) >= 11 is 0. The van der Waals surface area contributed by atoms with Gasteiger partial charge in [0, 0.05) is 0 Å². The van der Waals surface area contributed by atoms with Crippen molar-refractivity contribution in [1.29, 1.82) is 0 Å². The summed E-state index contributed by atoms with van der Waals surface area (Å²) in [7, 11) is 0. The van der Waals surface area contributed by atoms with Crippen LogP contribution in [0.2, 0.25) is 0 Å². The first kappa shape index (κ1) is 454. The number of hydrogen-bond donors (Lipinski definition) is 0. The predicted octanol–water partition coefficient (Wildman–Crippen LogP) is 0.0649. The van der Waals surface area contributed by atoms with Crippen LogP contribution in [-0.2, 0) is 32.7 Å². The molecule has 0 aliphatic carbocycles. The Morgan fingerprint density at radius 2 is 0.600 bits per heavy atom. The number of halogens is 2. The van der Waals surface area contributed by atoms with Crippen molar-refractivity contribution < 1.29 is 42.1 Å². The van der Waals surface area contributed by atoms with Crippen molar-refractivity contribution in [2.45, 2.75) is 0 Å². The fourth-order valence-corrected chi connectivity index (χ4v) is 0. The Balaban J connectivity index is 0. The van der Waals surface area contributed by atoms with E-state index in [1.165, 1.54) is 0 Å². The van der Waals surface area contributed by atoms with E-state index in [9.17, 15) is 0 Å².